The fourth-order valence-electron chi connectivity index (χ4n) is 1.07. The Morgan fingerprint density at radius 2 is 1.62 bits per heavy atom. The summed E-state index contributed by atoms with van der Waals surface area (Å²) in [5.74, 6) is -1.90. The smallest absolute Gasteiger partial charge is 0.277 e. The molecular formula is C10H22O3. The topological polar surface area (TPSA) is 49.7 Å². The molecule has 0 saturated heterocycles. The molecule has 0 aliphatic carbocycles. The van der Waals surface area contributed by atoms with Gasteiger partial charge in [0.05, 0.1) is 6.61 Å². The Labute approximate surface area is 80.7 Å². The molecule has 0 bridgehead atoms. The number of rotatable bonds is 8. The normalized spacial score (nSPS) is 12.0. The molecule has 0 saturated carbocycles. The van der Waals surface area contributed by atoms with Crippen molar-refractivity contribution in [2.24, 2.45) is 0 Å². The molecule has 0 aromatic rings. The predicted octanol–water partition coefficient (Wildman–Crippen LogP) is 2.02. The van der Waals surface area contributed by atoms with Gasteiger partial charge in [0.1, 0.15) is 0 Å². The molecule has 0 fully saturated rings. The second-order valence-corrected chi connectivity index (χ2v) is 3.40. The van der Waals surface area contributed by atoms with Crippen molar-refractivity contribution in [2.75, 3.05) is 6.61 Å². The average Bonchev–Trinajstić information content (AvgIpc) is 2.09. The molecule has 0 aliphatic rings. The van der Waals surface area contributed by atoms with Crippen molar-refractivity contribution in [3.05, 3.63) is 0 Å². The first-order chi connectivity index (χ1) is 6.12. The molecule has 0 amide bonds. The lowest BCUT2D eigenvalue weighted by molar-refractivity contribution is -0.341. The van der Waals surface area contributed by atoms with E-state index in [2.05, 4.69) is 6.92 Å². The summed E-state index contributed by atoms with van der Waals surface area (Å²) in [6, 6.07) is 0. The molecule has 0 rings (SSSR count). The third-order valence-corrected chi connectivity index (χ3v) is 1.94. The van der Waals surface area contributed by atoms with E-state index in [0.29, 0.717) is 13.0 Å². The van der Waals surface area contributed by atoms with E-state index < -0.39 is 5.97 Å². The Morgan fingerprint density at radius 3 is 2.15 bits per heavy atom. The minimum Gasteiger partial charge on any atom is -0.343 e. The van der Waals surface area contributed by atoms with Crippen molar-refractivity contribution in [3.8, 4) is 0 Å². The molecule has 0 unspecified atom stereocenters. The Morgan fingerprint density at radius 1 is 1.00 bits per heavy atom. The first kappa shape index (κ1) is 12.9. The fraction of sp³-hybridized carbons (Fsp3) is 1.00. The number of aliphatic hydroxyl groups is 2. The van der Waals surface area contributed by atoms with Gasteiger partial charge in [-0.15, -0.1) is 0 Å². The van der Waals surface area contributed by atoms with Crippen LogP contribution in [0.4, 0.5) is 0 Å². The van der Waals surface area contributed by atoms with E-state index in [1.165, 1.54) is 0 Å². The Bertz CT molecular complexity index is 113. The van der Waals surface area contributed by atoms with Crippen LogP contribution in [0.15, 0.2) is 0 Å². The van der Waals surface area contributed by atoms with Crippen LogP contribution in [0.2, 0.25) is 0 Å². The van der Waals surface area contributed by atoms with Gasteiger partial charge in [-0.1, -0.05) is 33.1 Å². The third kappa shape index (κ3) is 8.22. The van der Waals surface area contributed by atoms with E-state index in [9.17, 15) is 10.2 Å². The maximum atomic E-state index is 9.28. The summed E-state index contributed by atoms with van der Waals surface area (Å²) in [7, 11) is 0. The van der Waals surface area contributed by atoms with Gasteiger partial charge in [-0.3, -0.25) is 0 Å². The van der Waals surface area contributed by atoms with E-state index in [4.69, 9.17) is 4.74 Å². The van der Waals surface area contributed by atoms with Crippen molar-refractivity contribution < 1.29 is 14.9 Å². The highest BCUT2D eigenvalue weighted by atomic mass is 16.8. The average molecular weight is 190 g/mol. The van der Waals surface area contributed by atoms with Crippen LogP contribution in [0.3, 0.4) is 0 Å². The van der Waals surface area contributed by atoms with Gasteiger partial charge in [-0.2, -0.15) is 0 Å². The minimum absolute atomic E-state index is 0.301. The van der Waals surface area contributed by atoms with Crippen LogP contribution in [-0.2, 0) is 4.74 Å². The zero-order chi connectivity index (χ0) is 10.2. The molecule has 0 aromatic heterocycles. The number of hydrogen-bond donors (Lipinski definition) is 2. The van der Waals surface area contributed by atoms with Gasteiger partial charge in [-0.25, -0.2) is 0 Å². The summed E-state index contributed by atoms with van der Waals surface area (Å²) >= 11 is 0. The molecule has 80 valence electrons. The molecule has 0 spiro atoms. The lowest BCUT2D eigenvalue weighted by atomic mass is 10.2. The summed E-state index contributed by atoms with van der Waals surface area (Å²) in [6.07, 6.45) is 5.11. The van der Waals surface area contributed by atoms with Gasteiger partial charge >= 0.3 is 0 Å². The third-order valence-electron chi connectivity index (χ3n) is 1.94. The first-order valence-corrected chi connectivity index (χ1v) is 5.21. The summed E-state index contributed by atoms with van der Waals surface area (Å²) in [4.78, 5) is 0. The number of ether oxygens (including phenoxy) is 1. The zero-order valence-electron chi connectivity index (χ0n) is 8.75. The molecule has 3 nitrogen and oxygen atoms in total. The van der Waals surface area contributed by atoms with Crippen molar-refractivity contribution in [1.29, 1.82) is 0 Å². The second kappa shape index (κ2) is 7.30. The highest BCUT2D eigenvalue weighted by molar-refractivity contribution is 4.51. The van der Waals surface area contributed by atoms with Gasteiger partial charge in [0.25, 0.3) is 5.97 Å². The van der Waals surface area contributed by atoms with Gasteiger partial charge in [0.15, 0.2) is 0 Å². The van der Waals surface area contributed by atoms with Gasteiger partial charge < -0.3 is 14.9 Å². The van der Waals surface area contributed by atoms with Crippen molar-refractivity contribution in [1.82, 2.24) is 0 Å². The summed E-state index contributed by atoms with van der Waals surface area (Å²) < 4.78 is 4.94. The quantitative estimate of drug-likeness (QED) is 0.455. The molecular weight excluding hydrogens is 168 g/mol. The monoisotopic (exact) mass is 190 g/mol. The van der Waals surface area contributed by atoms with Crippen LogP contribution in [0, 0.1) is 0 Å². The zero-order valence-corrected chi connectivity index (χ0v) is 8.75. The van der Waals surface area contributed by atoms with Crippen LogP contribution in [0.25, 0.3) is 0 Å². The molecule has 13 heavy (non-hydrogen) atoms. The van der Waals surface area contributed by atoms with Crippen molar-refractivity contribution in [3.63, 3.8) is 0 Å². The molecule has 0 aromatic carbocycles. The van der Waals surface area contributed by atoms with Gasteiger partial charge in [0, 0.05) is 6.42 Å². The highest BCUT2D eigenvalue weighted by Crippen LogP contribution is 2.13. The molecule has 0 radical (unpaired) electrons. The van der Waals surface area contributed by atoms with E-state index in [1.807, 2.05) is 6.92 Å². The fourth-order valence-corrected chi connectivity index (χ4v) is 1.07. The van der Waals surface area contributed by atoms with Gasteiger partial charge in [0.2, 0.25) is 0 Å². The molecule has 2 N–H and O–H groups in total. The first-order valence-electron chi connectivity index (χ1n) is 5.21. The highest BCUT2D eigenvalue weighted by Gasteiger charge is 2.22. The van der Waals surface area contributed by atoms with E-state index >= 15 is 0 Å². The largest absolute Gasteiger partial charge is 0.343 e. The van der Waals surface area contributed by atoms with E-state index in [1.54, 1.807) is 0 Å². The maximum absolute atomic E-state index is 9.28. The van der Waals surface area contributed by atoms with Crippen molar-refractivity contribution >= 4 is 0 Å². The SMILES string of the molecule is CCCCCOC(O)(O)CCCC. The van der Waals surface area contributed by atoms with Crippen LogP contribution in [0.5, 0.6) is 0 Å². The predicted molar refractivity (Wildman–Crippen MR) is 52.2 cm³/mol. The molecule has 0 atom stereocenters. The standard InChI is InChI=1S/C10H22O3/c1-3-5-7-9-13-10(11,12)8-6-4-2/h11-12H,3-9H2,1-2H3. The summed E-state index contributed by atoms with van der Waals surface area (Å²) in [6.45, 7) is 4.54. The minimum atomic E-state index is -1.90. The summed E-state index contributed by atoms with van der Waals surface area (Å²) in [5, 5.41) is 18.6. The lowest BCUT2D eigenvalue weighted by Crippen LogP contribution is -2.32. The van der Waals surface area contributed by atoms with Crippen LogP contribution in [-0.4, -0.2) is 22.8 Å². The van der Waals surface area contributed by atoms with E-state index in [-0.39, 0.29) is 0 Å². The van der Waals surface area contributed by atoms with Gasteiger partial charge in [-0.05, 0) is 12.8 Å². The van der Waals surface area contributed by atoms with Crippen LogP contribution >= 0.6 is 0 Å². The maximum Gasteiger partial charge on any atom is 0.277 e. The van der Waals surface area contributed by atoms with Crippen molar-refractivity contribution in [2.45, 2.75) is 58.3 Å². The Hall–Kier alpha value is -0.120. The number of hydrogen-bond acceptors (Lipinski definition) is 3. The Kier molecular flexibility index (Phi) is 7.23. The van der Waals surface area contributed by atoms with E-state index in [0.717, 1.165) is 32.1 Å². The molecule has 0 aliphatic heterocycles. The number of unbranched alkanes of at least 4 members (excludes halogenated alkanes) is 3. The molecule has 3 heteroatoms. The lowest BCUT2D eigenvalue weighted by Gasteiger charge is -2.21. The Balaban J connectivity index is 3.39. The molecule has 0 heterocycles. The second-order valence-electron chi connectivity index (χ2n) is 3.40. The van der Waals surface area contributed by atoms with Crippen LogP contribution in [0.1, 0.15) is 52.4 Å². The summed E-state index contributed by atoms with van der Waals surface area (Å²) in [5.41, 5.74) is 0. The van der Waals surface area contributed by atoms with Crippen LogP contribution < -0.4 is 0 Å².